The number of thiazole rings is 1. The fourth-order valence-electron chi connectivity index (χ4n) is 2.72. The first-order chi connectivity index (χ1) is 11.4. The van der Waals surface area contributed by atoms with Gasteiger partial charge in [-0.1, -0.05) is 23.7 Å². The Morgan fingerprint density at radius 1 is 1.33 bits per heavy atom. The van der Waals surface area contributed by atoms with Gasteiger partial charge < -0.3 is 5.32 Å². The van der Waals surface area contributed by atoms with Crippen molar-refractivity contribution >= 4 is 43.8 Å². The largest absolute Gasteiger partial charge is 0.302 e. The third kappa shape index (κ3) is 4.78. The van der Waals surface area contributed by atoms with E-state index in [1.54, 1.807) is 6.20 Å². The van der Waals surface area contributed by atoms with Crippen LogP contribution in [0.3, 0.4) is 0 Å². The maximum absolute atomic E-state index is 12.0. The summed E-state index contributed by atoms with van der Waals surface area (Å²) in [5.74, 6) is 0.0427. The number of anilines is 1. The van der Waals surface area contributed by atoms with Crippen molar-refractivity contribution in [2.75, 3.05) is 16.8 Å². The molecule has 1 aliphatic rings. The van der Waals surface area contributed by atoms with Crippen molar-refractivity contribution in [2.24, 2.45) is 5.92 Å². The number of hydrogen-bond donors (Lipinski definition) is 1. The predicted octanol–water partition coefficient (Wildman–Crippen LogP) is 3.15. The first-order valence-electron chi connectivity index (χ1n) is 7.59. The second-order valence-corrected chi connectivity index (χ2v) is 9.74. The molecule has 0 unspecified atom stereocenters. The molecule has 8 heteroatoms. The molecule has 5 nitrogen and oxygen atoms in total. The van der Waals surface area contributed by atoms with Gasteiger partial charge in [0.15, 0.2) is 15.0 Å². The van der Waals surface area contributed by atoms with E-state index < -0.39 is 9.84 Å². The lowest BCUT2D eigenvalue weighted by Crippen LogP contribution is -2.17. The van der Waals surface area contributed by atoms with Crippen molar-refractivity contribution in [3.8, 4) is 0 Å². The minimum Gasteiger partial charge on any atom is -0.302 e. The van der Waals surface area contributed by atoms with E-state index in [0.717, 1.165) is 16.9 Å². The molecule has 1 aromatic carbocycles. The molecule has 0 saturated carbocycles. The highest BCUT2D eigenvalue weighted by Gasteiger charge is 2.29. The average molecular weight is 385 g/mol. The monoisotopic (exact) mass is 384 g/mol. The van der Waals surface area contributed by atoms with Gasteiger partial charge in [0.05, 0.1) is 11.5 Å². The molecule has 24 heavy (non-hydrogen) atoms. The molecule has 1 amide bonds. The van der Waals surface area contributed by atoms with Crippen LogP contribution in [-0.4, -0.2) is 30.8 Å². The molecular formula is C16H17ClN2O3S2. The SMILES string of the molecule is O=C(C[C@@H]1CCS(=O)(=O)C1)Nc1ncc(Cc2ccc(Cl)cc2)s1. The summed E-state index contributed by atoms with van der Waals surface area (Å²) in [7, 11) is -2.95. The lowest BCUT2D eigenvalue weighted by atomic mass is 10.1. The molecule has 0 spiro atoms. The number of carbonyl (C=O) groups excluding carboxylic acids is 1. The smallest absolute Gasteiger partial charge is 0.226 e. The summed E-state index contributed by atoms with van der Waals surface area (Å²) in [5.41, 5.74) is 1.12. The Labute approximate surface area is 150 Å². The highest BCUT2D eigenvalue weighted by atomic mass is 35.5. The molecule has 0 radical (unpaired) electrons. The minimum atomic E-state index is -2.95. The van der Waals surface area contributed by atoms with Crippen LogP contribution in [0.1, 0.15) is 23.3 Å². The average Bonchev–Trinajstić information content (AvgIpc) is 3.07. The van der Waals surface area contributed by atoms with Gasteiger partial charge in [-0.25, -0.2) is 13.4 Å². The van der Waals surface area contributed by atoms with Crippen molar-refractivity contribution < 1.29 is 13.2 Å². The molecule has 1 N–H and O–H groups in total. The van der Waals surface area contributed by atoms with Gasteiger partial charge in [-0.3, -0.25) is 4.79 Å². The zero-order valence-electron chi connectivity index (χ0n) is 12.9. The van der Waals surface area contributed by atoms with Crippen LogP contribution in [0.5, 0.6) is 0 Å². The molecule has 0 bridgehead atoms. The summed E-state index contributed by atoms with van der Waals surface area (Å²) in [5, 5.41) is 4.01. The first-order valence-corrected chi connectivity index (χ1v) is 10.6. The Kier molecular flexibility index (Phi) is 5.22. The number of hydrogen-bond acceptors (Lipinski definition) is 5. The summed E-state index contributed by atoms with van der Waals surface area (Å²) in [6.45, 7) is 0. The fraction of sp³-hybridized carbons (Fsp3) is 0.375. The molecule has 1 fully saturated rings. The Morgan fingerprint density at radius 3 is 2.75 bits per heavy atom. The third-order valence-corrected chi connectivity index (χ3v) is 6.89. The van der Waals surface area contributed by atoms with E-state index in [1.165, 1.54) is 11.3 Å². The molecular weight excluding hydrogens is 368 g/mol. The molecule has 128 valence electrons. The third-order valence-electron chi connectivity index (χ3n) is 3.89. The van der Waals surface area contributed by atoms with Crippen molar-refractivity contribution in [2.45, 2.75) is 19.3 Å². The summed E-state index contributed by atoms with van der Waals surface area (Å²) in [6.07, 6.45) is 3.27. The number of sulfone groups is 1. The van der Waals surface area contributed by atoms with E-state index >= 15 is 0 Å². The Balaban J connectivity index is 1.54. The Morgan fingerprint density at radius 2 is 2.08 bits per heavy atom. The maximum Gasteiger partial charge on any atom is 0.226 e. The maximum atomic E-state index is 12.0. The summed E-state index contributed by atoms with van der Waals surface area (Å²) in [4.78, 5) is 17.3. The lowest BCUT2D eigenvalue weighted by molar-refractivity contribution is -0.116. The van der Waals surface area contributed by atoms with Crippen LogP contribution in [0.2, 0.25) is 5.02 Å². The van der Waals surface area contributed by atoms with Crippen molar-refractivity contribution in [1.82, 2.24) is 4.98 Å². The number of benzene rings is 1. The molecule has 0 aliphatic carbocycles. The van der Waals surface area contributed by atoms with Gasteiger partial charge in [0, 0.05) is 28.9 Å². The molecule has 3 rings (SSSR count). The number of nitrogens with zero attached hydrogens (tertiary/aromatic N) is 1. The van der Waals surface area contributed by atoms with Gasteiger partial charge in [0.25, 0.3) is 0 Å². The number of aromatic nitrogens is 1. The minimum absolute atomic E-state index is 0.0801. The molecule has 1 aromatic heterocycles. The van der Waals surface area contributed by atoms with E-state index in [2.05, 4.69) is 10.3 Å². The summed E-state index contributed by atoms with van der Waals surface area (Å²) < 4.78 is 22.9. The first kappa shape index (κ1) is 17.4. The normalized spacial score (nSPS) is 19.3. The van der Waals surface area contributed by atoms with Crippen LogP contribution >= 0.6 is 22.9 Å². The van der Waals surface area contributed by atoms with Gasteiger partial charge in [-0.05, 0) is 30.0 Å². The number of carbonyl (C=O) groups is 1. The predicted molar refractivity (Wildman–Crippen MR) is 96.4 cm³/mol. The topological polar surface area (TPSA) is 76.1 Å². The van der Waals surface area contributed by atoms with Crippen molar-refractivity contribution in [3.63, 3.8) is 0 Å². The summed E-state index contributed by atoms with van der Waals surface area (Å²) in [6, 6.07) is 7.61. The van der Waals surface area contributed by atoms with Crippen LogP contribution in [0.4, 0.5) is 5.13 Å². The van der Waals surface area contributed by atoms with E-state index in [-0.39, 0.29) is 29.8 Å². The number of rotatable bonds is 5. The van der Waals surface area contributed by atoms with Crippen LogP contribution in [-0.2, 0) is 21.1 Å². The molecule has 2 heterocycles. The van der Waals surface area contributed by atoms with Crippen LogP contribution < -0.4 is 5.32 Å². The second kappa shape index (κ2) is 7.21. The van der Waals surface area contributed by atoms with E-state index in [1.807, 2.05) is 24.3 Å². The quantitative estimate of drug-likeness (QED) is 0.859. The second-order valence-electron chi connectivity index (χ2n) is 5.96. The Bertz CT molecular complexity index is 831. The Hall–Kier alpha value is -1.44. The molecule has 2 aromatic rings. The van der Waals surface area contributed by atoms with Crippen molar-refractivity contribution in [1.29, 1.82) is 0 Å². The highest BCUT2D eigenvalue weighted by Crippen LogP contribution is 2.24. The van der Waals surface area contributed by atoms with Gasteiger partial charge in [0.1, 0.15) is 0 Å². The van der Waals surface area contributed by atoms with Gasteiger partial charge in [0.2, 0.25) is 5.91 Å². The number of nitrogens with one attached hydrogen (secondary N) is 1. The molecule has 1 aliphatic heterocycles. The van der Waals surface area contributed by atoms with E-state index in [9.17, 15) is 13.2 Å². The molecule has 1 atom stereocenters. The lowest BCUT2D eigenvalue weighted by Gasteiger charge is -2.06. The van der Waals surface area contributed by atoms with Crippen LogP contribution in [0, 0.1) is 5.92 Å². The summed E-state index contributed by atoms with van der Waals surface area (Å²) >= 11 is 7.29. The van der Waals surface area contributed by atoms with Crippen molar-refractivity contribution in [3.05, 3.63) is 45.9 Å². The number of amides is 1. The van der Waals surface area contributed by atoms with Gasteiger partial charge in [-0.2, -0.15) is 0 Å². The zero-order chi connectivity index (χ0) is 17.2. The zero-order valence-corrected chi connectivity index (χ0v) is 15.3. The van der Waals surface area contributed by atoms with E-state index in [0.29, 0.717) is 16.6 Å². The van der Waals surface area contributed by atoms with Crippen LogP contribution in [0.15, 0.2) is 30.5 Å². The van der Waals surface area contributed by atoms with Gasteiger partial charge >= 0.3 is 0 Å². The van der Waals surface area contributed by atoms with E-state index in [4.69, 9.17) is 11.6 Å². The van der Waals surface area contributed by atoms with Gasteiger partial charge in [-0.15, -0.1) is 11.3 Å². The number of halogens is 1. The van der Waals surface area contributed by atoms with Crippen LogP contribution in [0.25, 0.3) is 0 Å². The standard InChI is InChI=1S/C16H17ClN2O3S2/c17-13-3-1-11(2-4-13)7-14-9-18-16(23-14)19-15(20)8-12-5-6-24(21,22)10-12/h1-4,9,12H,5-8,10H2,(H,18,19,20)/t12-/m0/s1. The highest BCUT2D eigenvalue weighted by molar-refractivity contribution is 7.91. The molecule has 1 saturated heterocycles. The fourth-order valence-corrected chi connectivity index (χ4v) is 5.57.